The van der Waals surface area contributed by atoms with Crippen molar-refractivity contribution in [2.45, 2.75) is 233 Å². The Bertz CT molecular complexity index is 508. The fourth-order valence-corrected chi connectivity index (χ4v) is 9.25. The molecule has 0 atom stereocenters. The highest BCUT2D eigenvalue weighted by molar-refractivity contribution is 4.81. The Morgan fingerprint density at radius 3 is 0.578 bits per heavy atom. The lowest BCUT2D eigenvalue weighted by atomic mass is 9.70. The third-order valence-corrected chi connectivity index (χ3v) is 13.0. The summed E-state index contributed by atoms with van der Waals surface area (Å²) < 4.78 is 0. The van der Waals surface area contributed by atoms with Crippen LogP contribution in [0.2, 0.25) is 0 Å². The maximum atomic E-state index is 2.39. The zero-order valence-electron chi connectivity index (χ0n) is 28.7. The van der Waals surface area contributed by atoms with Crippen molar-refractivity contribution in [3.8, 4) is 0 Å². The Labute approximate surface area is 291 Å². The summed E-state index contributed by atoms with van der Waals surface area (Å²) in [6.45, 7) is 14.2. The Morgan fingerprint density at radius 2 is 0.422 bits per heavy atom. The van der Waals surface area contributed by atoms with E-state index in [1.807, 2.05) is 0 Å². The molecule has 0 N–H and O–H groups in total. The van der Waals surface area contributed by atoms with E-state index in [1.54, 1.807) is 64.2 Å². The average Bonchev–Trinajstić information content (AvgIpc) is 2.99. The van der Waals surface area contributed by atoms with Gasteiger partial charge in [-0.2, -0.15) is 0 Å². The molecule has 5 rings (SSSR count). The zero-order valence-corrected chi connectivity index (χ0v) is 28.7. The molecule has 0 spiro atoms. The lowest BCUT2D eigenvalue weighted by molar-refractivity contribution is 0.163. The van der Waals surface area contributed by atoms with Crippen LogP contribution >= 0.6 is 0 Å². The van der Waals surface area contributed by atoms with Crippen LogP contribution in [0, 0.1) is 59.2 Å². The lowest BCUT2D eigenvalue weighted by Gasteiger charge is -2.36. The second-order valence-corrected chi connectivity index (χ2v) is 16.7. The van der Waals surface area contributed by atoms with E-state index in [9.17, 15) is 0 Å². The van der Waals surface area contributed by atoms with Gasteiger partial charge in [0.1, 0.15) is 0 Å². The summed E-state index contributed by atoms with van der Waals surface area (Å²) in [4.78, 5) is 0. The van der Waals surface area contributed by atoms with E-state index in [2.05, 4.69) is 41.5 Å². The first-order valence-electron chi connectivity index (χ1n) is 19.3. The Balaban J connectivity index is -0.000000702. The summed E-state index contributed by atoms with van der Waals surface area (Å²) in [5.74, 6) is 10.6. The van der Waals surface area contributed by atoms with Crippen LogP contribution in [0.4, 0.5) is 0 Å². The number of hydrogen-bond acceptors (Lipinski definition) is 0. The first kappa shape index (κ1) is 49.4. The molecule has 276 valence electrons. The second-order valence-electron chi connectivity index (χ2n) is 16.7. The summed E-state index contributed by atoms with van der Waals surface area (Å²) in [5.41, 5.74) is 0. The van der Waals surface area contributed by atoms with Gasteiger partial charge < -0.3 is 0 Å². The molecule has 0 amide bonds. The topological polar surface area (TPSA) is 0 Å². The SMILES string of the molecule is C.C.C.C.C.CC1CCC(C)CC1.CC1CCC(C)CC1.CCC1CCC(CC2CCC(CC3CCC(CC)CC3)CC2)CC1. The zero-order chi connectivity index (χ0) is 28.7. The first-order chi connectivity index (χ1) is 19.3. The van der Waals surface area contributed by atoms with Crippen LogP contribution in [0.15, 0.2) is 0 Å². The molecule has 0 saturated heterocycles. The normalized spacial score (nSPS) is 36.1. The maximum Gasteiger partial charge on any atom is -0.0411 e. The van der Waals surface area contributed by atoms with Gasteiger partial charge in [0.25, 0.3) is 0 Å². The van der Waals surface area contributed by atoms with E-state index < -0.39 is 0 Å². The number of rotatable bonds is 6. The van der Waals surface area contributed by atoms with Gasteiger partial charge in [-0.05, 0) is 72.0 Å². The molecule has 45 heavy (non-hydrogen) atoms. The molecule has 5 saturated carbocycles. The Morgan fingerprint density at radius 1 is 0.267 bits per heavy atom. The quantitative estimate of drug-likeness (QED) is 0.272. The second kappa shape index (κ2) is 27.9. The van der Waals surface area contributed by atoms with E-state index in [0.29, 0.717) is 0 Å². The Kier molecular flexibility index (Phi) is 30.6. The molecule has 0 heterocycles. The molecule has 0 heteroatoms. The van der Waals surface area contributed by atoms with Crippen molar-refractivity contribution in [3.63, 3.8) is 0 Å². The van der Waals surface area contributed by atoms with Gasteiger partial charge in [0.2, 0.25) is 0 Å². The maximum absolute atomic E-state index is 2.39. The van der Waals surface area contributed by atoms with E-state index in [0.717, 1.165) is 59.2 Å². The van der Waals surface area contributed by atoms with Crippen LogP contribution < -0.4 is 0 Å². The molecule has 0 aromatic heterocycles. The fraction of sp³-hybridized carbons (Fsp3) is 1.00. The lowest BCUT2D eigenvalue weighted by Crippen LogP contribution is -2.23. The molecule has 5 fully saturated rings. The van der Waals surface area contributed by atoms with Crippen LogP contribution in [0.3, 0.4) is 0 Å². The summed E-state index contributed by atoms with van der Waals surface area (Å²) >= 11 is 0. The fourth-order valence-electron chi connectivity index (χ4n) is 9.25. The summed E-state index contributed by atoms with van der Waals surface area (Å²) in [5, 5.41) is 0. The number of hydrogen-bond donors (Lipinski definition) is 0. The third-order valence-electron chi connectivity index (χ3n) is 13.0. The molecule has 0 bridgehead atoms. The summed E-state index contributed by atoms with van der Waals surface area (Å²) in [7, 11) is 0. The monoisotopic (exact) mass is 637 g/mol. The molecule has 0 aromatic carbocycles. The molecule has 0 radical (unpaired) electrons. The van der Waals surface area contributed by atoms with Crippen LogP contribution in [-0.2, 0) is 0 Å². The third kappa shape index (κ3) is 20.2. The summed E-state index contributed by atoms with van der Waals surface area (Å²) in [6, 6.07) is 0. The van der Waals surface area contributed by atoms with Crippen molar-refractivity contribution in [3.05, 3.63) is 0 Å². The van der Waals surface area contributed by atoms with E-state index in [-0.39, 0.29) is 37.1 Å². The molecule has 0 unspecified atom stereocenters. The molecule has 0 aromatic rings. The van der Waals surface area contributed by atoms with E-state index >= 15 is 0 Å². The van der Waals surface area contributed by atoms with Gasteiger partial charge in [0, 0.05) is 0 Å². The predicted octanol–water partition coefficient (Wildman–Crippen LogP) is 16.9. The van der Waals surface area contributed by atoms with Gasteiger partial charge in [-0.25, -0.2) is 0 Å². The highest BCUT2D eigenvalue weighted by Gasteiger charge is 2.29. The van der Waals surface area contributed by atoms with Crippen molar-refractivity contribution in [2.24, 2.45) is 59.2 Å². The highest BCUT2D eigenvalue weighted by Crippen LogP contribution is 2.42. The van der Waals surface area contributed by atoms with E-state index in [1.165, 1.54) is 89.9 Å². The van der Waals surface area contributed by atoms with Gasteiger partial charge >= 0.3 is 0 Å². The minimum absolute atomic E-state index is 0. The van der Waals surface area contributed by atoms with Crippen molar-refractivity contribution >= 4 is 0 Å². The predicted molar refractivity (Wildman–Crippen MR) is 213 cm³/mol. The minimum Gasteiger partial charge on any atom is -0.0776 e. The van der Waals surface area contributed by atoms with Crippen LogP contribution in [0.5, 0.6) is 0 Å². The molecular weight excluding hydrogens is 540 g/mol. The first-order valence-corrected chi connectivity index (χ1v) is 19.3. The smallest absolute Gasteiger partial charge is 0.0411 e. The minimum atomic E-state index is 0. The summed E-state index contributed by atoms with van der Waals surface area (Å²) in [6.07, 6.45) is 36.5. The molecular formula is C45H96. The van der Waals surface area contributed by atoms with Crippen molar-refractivity contribution < 1.29 is 0 Å². The van der Waals surface area contributed by atoms with Gasteiger partial charge in [-0.15, -0.1) is 0 Å². The van der Waals surface area contributed by atoms with Crippen molar-refractivity contribution in [1.29, 1.82) is 0 Å². The van der Waals surface area contributed by atoms with Crippen molar-refractivity contribution in [1.82, 2.24) is 0 Å². The van der Waals surface area contributed by atoms with Crippen LogP contribution in [0.25, 0.3) is 0 Å². The highest BCUT2D eigenvalue weighted by atomic mass is 14.3. The van der Waals surface area contributed by atoms with Gasteiger partial charge in [-0.1, -0.05) is 220 Å². The van der Waals surface area contributed by atoms with Crippen LogP contribution in [0.1, 0.15) is 233 Å². The Hall–Kier alpha value is 0. The van der Waals surface area contributed by atoms with Gasteiger partial charge in [0.05, 0.1) is 0 Å². The average molecular weight is 637 g/mol. The van der Waals surface area contributed by atoms with Crippen molar-refractivity contribution in [2.75, 3.05) is 0 Å². The van der Waals surface area contributed by atoms with E-state index in [4.69, 9.17) is 0 Å². The largest absolute Gasteiger partial charge is 0.0776 e. The molecule has 0 aliphatic heterocycles. The van der Waals surface area contributed by atoms with Gasteiger partial charge in [-0.3, -0.25) is 0 Å². The standard InChI is InChI=1S/C24H44.2C8H16.5CH4/c1-3-19-5-9-21(10-6-19)17-23-13-15-24(16-14-23)18-22-11-7-20(4-2)8-12-22;2*1-7-3-5-8(2)6-4-7;;;;;/h19-24H,3-18H2,1-2H3;2*7-8H,3-6H2,1-2H3;5*1H4. The molecule has 5 aliphatic carbocycles. The van der Waals surface area contributed by atoms with Crippen LogP contribution in [-0.4, -0.2) is 0 Å². The molecule has 0 nitrogen and oxygen atoms in total. The van der Waals surface area contributed by atoms with Gasteiger partial charge in [0.15, 0.2) is 0 Å². The molecule has 5 aliphatic rings.